The van der Waals surface area contributed by atoms with Crippen LogP contribution < -0.4 is 14.8 Å². The summed E-state index contributed by atoms with van der Waals surface area (Å²) in [6.07, 6.45) is 1.77. The lowest BCUT2D eigenvalue weighted by Gasteiger charge is -2.24. The normalized spacial score (nSPS) is 18.8. The summed E-state index contributed by atoms with van der Waals surface area (Å²) in [5, 5.41) is 3.05. The summed E-state index contributed by atoms with van der Waals surface area (Å²) < 4.78 is 37.5. The largest absolute Gasteiger partial charge is 0.493 e. The van der Waals surface area contributed by atoms with Gasteiger partial charge >= 0.3 is 0 Å². The topological polar surface area (TPSA) is 67.9 Å². The van der Waals surface area contributed by atoms with Crippen LogP contribution in [0.3, 0.4) is 0 Å². The van der Waals surface area contributed by atoms with Crippen molar-refractivity contribution < 1.29 is 17.9 Å². The highest BCUT2D eigenvalue weighted by atomic mass is 35.5. The first kappa shape index (κ1) is 19.0. The Kier molecular flexibility index (Phi) is 6.93. The molecule has 1 N–H and O–H groups in total. The van der Waals surface area contributed by atoms with E-state index in [0.29, 0.717) is 24.6 Å². The van der Waals surface area contributed by atoms with Crippen molar-refractivity contribution in [2.24, 2.45) is 0 Å². The van der Waals surface area contributed by atoms with Crippen molar-refractivity contribution in [3.8, 4) is 11.5 Å². The average molecular weight is 351 g/mol. The lowest BCUT2D eigenvalue weighted by molar-refractivity contribution is 0.352. The van der Waals surface area contributed by atoms with Gasteiger partial charge in [-0.15, -0.1) is 12.4 Å². The Hall–Kier alpha value is -1.02. The number of sulfonamides is 1. The molecule has 1 aromatic rings. The summed E-state index contributed by atoms with van der Waals surface area (Å²) >= 11 is 0. The minimum Gasteiger partial charge on any atom is -0.493 e. The Labute approximate surface area is 138 Å². The molecule has 0 spiro atoms. The number of rotatable bonds is 6. The summed E-state index contributed by atoms with van der Waals surface area (Å²) in [7, 11) is 1.34. The molecule has 0 bridgehead atoms. The van der Waals surface area contributed by atoms with Crippen LogP contribution in [-0.4, -0.2) is 53.1 Å². The molecule has 1 heterocycles. The molecule has 1 aromatic carbocycles. The smallest absolute Gasteiger partial charge is 0.243 e. The van der Waals surface area contributed by atoms with Gasteiger partial charge in [0.05, 0.1) is 19.1 Å². The van der Waals surface area contributed by atoms with Crippen molar-refractivity contribution in [1.29, 1.82) is 0 Å². The molecule has 1 saturated heterocycles. The molecule has 0 radical (unpaired) electrons. The maximum absolute atomic E-state index is 12.8. The van der Waals surface area contributed by atoms with Crippen LogP contribution in [0.2, 0.25) is 0 Å². The van der Waals surface area contributed by atoms with Crippen molar-refractivity contribution >= 4 is 22.4 Å². The van der Waals surface area contributed by atoms with E-state index in [1.807, 2.05) is 7.05 Å². The van der Waals surface area contributed by atoms with E-state index in [1.54, 1.807) is 16.4 Å². The van der Waals surface area contributed by atoms with Gasteiger partial charge in [0, 0.05) is 25.2 Å². The van der Waals surface area contributed by atoms with Gasteiger partial charge in [-0.05, 0) is 32.0 Å². The van der Waals surface area contributed by atoms with Gasteiger partial charge in [0.2, 0.25) is 10.0 Å². The van der Waals surface area contributed by atoms with Gasteiger partial charge in [0.15, 0.2) is 11.5 Å². The van der Waals surface area contributed by atoms with Crippen molar-refractivity contribution in [2.75, 3.05) is 34.4 Å². The Balaban J connectivity index is 0.00000242. The maximum Gasteiger partial charge on any atom is 0.243 e. The number of likely N-dealkylation sites (N-methyl/N-ethyl adjacent to an activating group) is 1. The van der Waals surface area contributed by atoms with Crippen molar-refractivity contribution in [1.82, 2.24) is 9.62 Å². The Morgan fingerprint density at radius 3 is 2.55 bits per heavy atom. The molecule has 6 nitrogen and oxygen atoms in total. The van der Waals surface area contributed by atoms with Crippen LogP contribution in [0.4, 0.5) is 0 Å². The van der Waals surface area contributed by atoms with E-state index in [2.05, 4.69) is 5.32 Å². The summed E-state index contributed by atoms with van der Waals surface area (Å²) in [5.74, 6) is 0.938. The fourth-order valence-corrected chi connectivity index (χ4v) is 4.39. The molecular formula is C14H23ClN2O4S. The Morgan fingerprint density at radius 2 is 1.95 bits per heavy atom. The van der Waals surface area contributed by atoms with E-state index in [0.717, 1.165) is 12.8 Å². The third-order valence-electron chi connectivity index (χ3n) is 3.72. The van der Waals surface area contributed by atoms with Crippen LogP contribution in [0.5, 0.6) is 11.5 Å². The van der Waals surface area contributed by atoms with Gasteiger partial charge in [-0.2, -0.15) is 4.31 Å². The quantitative estimate of drug-likeness (QED) is 0.842. The maximum atomic E-state index is 12.8. The highest BCUT2D eigenvalue weighted by Gasteiger charge is 2.35. The minimum atomic E-state index is -3.51. The molecule has 1 aliphatic heterocycles. The van der Waals surface area contributed by atoms with E-state index < -0.39 is 10.0 Å². The van der Waals surface area contributed by atoms with Gasteiger partial charge in [-0.3, -0.25) is 0 Å². The number of methoxy groups -OCH3 is 2. The van der Waals surface area contributed by atoms with Crippen LogP contribution >= 0.6 is 12.4 Å². The zero-order valence-corrected chi connectivity index (χ0v) is 14.7. The van der Waals surface area contributed by atoms with E-state index in [1.165, 1.54) is 20.3 Å². The standard InChI is InChI=1S/C14H22N2O4S.ClH/c1-15-10-11-5-4-8-16(11)21(17,18)12-6-7-13(19-2)14(9-12)20-3;/h6-7,9,11,15H,4-5,8,10H2,1-3H3;1H. The lowest BCUT2D eigenvalue weighted by Crippen LogP contribution is -2.40. The Bertz CT molecular complexity index is 595. The highest BCUT2D eigenvalue weighted by molar-refractivity contribution is 7.89. The summed E-state index contributed by atoms with van der Waals surface area (Å²) in [6, 6.07) is 4.71. The zero-order valence-electron chi connectivity index (χ0n) is 13.0. The van der Waals surface area contributed by atoms with E-state index >= 15 is 0 Å². The number of hydrogen-bond donors (Lipinski definition) is 1. The molecule has 126 valence electrons. The number of benzene rings is 1. The van der Waals surface area contributed by atoms with Gasteiger partial charge in [0.1, 0.15) is 0 Å². The number of nitrogens with one attached hydrogen (secondary N) is 1. The summed E-state index contributed by atoms with van der Waals surface area (Å²) in [5.41, 5.74) is 0. The van der Waals surface area contributed by atoms with Gasteiger partial charge in [0.25, 0.3) is 0 Å². The lowest BCUT2D eigenvalue weighted by atomic mass is 10.2. The summed E-state index contributed by atoms with van der Waals surface area (Å²) in [4.78, 5) is 0.239. The molecule has 22 heavy (non-hydrogen) atoms. The van der Waals surface area contributed by atoms with Crippen molar-refractivity contribution in [3.63, 3.8) is 0 Å². The number of ether oxygens (including phenoxy) is 2. The first-order valence-corrected chi connectivity index (χ1v) is 8.37. The first-order chi connectivity index (χ1) is 10.0. The van der Waals surface area contributed by atoms with Crippen LogP contribution in [0, 0.1) is 0 Å². The molecule has 2 rings (SSSR count). The SMILES string of the molecule is CNCC1CCCN1S(=O)(=O)c1ccc(OC)c(OC)c1.Cl. The van der Waals surface area contributed by atoms with E-state index in [4.69, 9.17) is 9.47 Å². The molecular weight excluding hydrogens is 328 g/mol. The van der Waals surface area contributed by atoms with Gasteiger partial charge in [-0.1, -0.05) is 0 Å². The predicted octanol–water partition coefficient (Wildman–Crippen LogP) is 1.50. The molecule has 1 atom stereocenters. The van der Waals surface area contributed by atoms with Crippen molar-refractivity contribution in [3.05, 3.63) is 18.2 Å². The molecule has 0 aliphatic carbocycles. The second-order valence-corrected chi connectivity index (χ2v) is 6.88. The van der Waals surface area contributed by atoms with Crippen LogP contribution in [0.1, 0.15) is 12.8 Å². The second-order valence-electron chi connectivity index (χ2n) is 4.99. The molecule has 1 unspecified atom stereocenters. The zero-order chi connectivity index (χ0) is 15.5. The van der Waals surface area contributed by atoms with E-state index in [-0.39, 0.29) is 23.3 Å². The molecule has 1 fully saturated rings. The monoisotopic (exact) mass is 350 g/mol. The van der Waals surface area contributed by atoms with Gasteiger partial charge in [-0.25, -0.2) is 8.42 Å². The molecule has 8 heteroatoms. The van der Waals surface area contributed by atoms with Crippen LogP contribution in [-0.2, 0) is 10.0 Å². The van der Waals surface area contributed by atoms with Crippen molar-refractivity contribution in [2.45, 2.75) is 23.8 Å². The van der Waals surface area contributed by atoms with E-state index in [9.17, 15) is 8.42 Å². The molecule has 0 amide bonds. The number of nitrogens with zero attached hydrogens (tertiary/aromatic N) is 1. The predicted molar refractivity (Wildman–Crippen MR) is 87.6 cm³/mol. The average Bonchev–Trinajstić information content (AvgIpc) is 2.96. The molecule has 1 aliphatic rings. The second kappa shape index (κ2) is 8.01. The number of hydrogen-bond acceptors (Lipinski definition) is 5. The Morgan fingerprint density at radius 1 is 1.27 bits per heavy atom. The van der Waals surface area contributed by atoms with Crippen LogP contribution in [0.25, 0.3) is 0 Å². The third-order valence-corrected chi connectivity index (χ3v) is 5.67. The third kappa shape index (κ3) is 3.65. The minimum absolute atomic E-state index is 0. The van der Waals surface area contributed by atoms with Crippen LogP contribution in [0.15, 0.2) is 23.1 Å². The fraction of sp³-hybridized carbons (Fsp3) is 0.571. The highest BCUT2D eigenvalue weighted by Crippen LogP contribution is 2.32. The molecule has 0 saturated carbocycles. The molecule has 0 aromatic heterocycles. The first-order valence-electron chi connectivity index (χ1n) is 6.93. The summed E-state index contributed by atoms with van der Waals surface area (Å²) in [6.45, 7) is 1.22. The fourth-order valence-electron chi connectivity index (χ4n) is 2.68. The number of halogens is 1. The van der Waals surface area contributed by atoms with Gasteiger partial charge < -0.3 is 14.8 Å².